The molecule has 20 heavy (non-hydrogen) atoms. The summed E-state index contributed by atoms with van der Waals surface area (Å²) in [5.74, 6) is 0.459. The summed E-state index contributed by atoms with van der Waals surface area (Å²) in [7, 11) is -3.40. The summed E-state index contributed by atoms with van der Waals surface area (Å²) in [5.41, 5.74) is 5.64. The SMILES string of the molecule is CCC(NS(=O)(=O)N1CCC(CN)CC1)c1cccs1. The second kappa shape index (κ2) is 7.00. The van der Waals surface area contributed by atoms with Gasteiger partial charge in [-0.1, -0.05) is 13.0 Å². The Balaban J connectivity index is 2.00. The molecule has 1 fully saturated rings. The molecule has 0 radical (unpaired) electrons. The molecule has 0 saturated carbocycles. The maximum atomic E-state index is 12.4. The molecular weight excluding hydrogens is 294 g/mol. The molecular formula is C13H23N3O2S2. The molecule has 7 heteroatoms. The van der Waals surface area contributed by atoms with E-state index in [9.17, 15) is 8.42 Å². The zero-order valence-electron chi connectivity index (χ0n) is 11.8. The van der Waals surface area contributed by atoms with Gasteiger partial charge >= 0.3 is 0 Å². The standard InChI is InChI=1S/C13H23N3O2S2/c1-2-12(13-4-3-9-19-13)15-20(17,18)16-7-5-11(10-14)6-8-16/h3-4,9,11-12,15H,2,5-8,10,14H2,1H3. The van der Waals surface area contributed by atoms with Crippen molar-refractivity contribution >= 4 is 21.5 Å². The quantitative estimate of drug-likeness (QED) is 0.838. The maximum absolute atomic E-state index is 12.4. The van der Waals surface area contributed by atoms with Crippen LogP contribution in [0.3, 0.4) is 0 Å². The number of piperidine rings is 1. The van der Waals surface area contributed by atoms with E-state index in [2.05, 4.69) is 4.72 Å². The van der Waals surface area contributed by atoms with E-state index in [0.29, 0.717) is 25.6 Å². The van der Waals surface area contributed by atoms with Gasteiger partial charge in [0.1, 0.15) is 0 Å². The lowest BCUT2D eigenvalue weighted by Gasteiger charge is -2.31. The molecule has 0 bridgehead atoms. The molecule has 114 valence electrons. The number of nitrogens with zero attached hydrogens (tertiary/aromatic N) is 1. The molecule has 1 atom stereocenters. The molecule has 0 spiro atoms. The Hall–Kier alpha value is -0.470. The van der Waals surface area contributed by atoms with Crippen LogP contribution in [-0.4, -0.2) is 32.4 Å². The summed E-state index contributed by atoms with van der Waals surface area (Å²) in [6, 6.07) is 3.79. The van der Waals surface area contributed by atoms with Crippen molar-refractivity contribution in [2.45, 2.75) is 32.2 Å². The maximum Gasteiger partial charge on any atom is 0.280 e. The van der Waals surface area contributed by atoms with Gasteiger partial charge in [-0.25, -0.2) is 0 Å². The fourth-order valence-corrected chi connectivity index (χ4v) is 4.90. The van der Waals surface area contributed by atoms with Crippen molar-refractivity contribution in [1.82, 2.24) is 9.03 Å². The fourth-order valence-electron chi connectivity index (χ4n) is 2.47. The number of nitrogens with two attached hydrogens (primary N) is 1. The predicted molar refractivity (Wildman–Crippen MR) is 82.8 cm³/mol. The Morgan fingerprint density at radius 2 is 2.20 bits per heavy atom. The Morgan fingerprint density at radius 1 is 1.50 bits per heavy atom. The van der Waals surface area contributed by atoms with Gasteiger partial charge < -0.3 is 5.73 Å². The van der Waals surface area contributed by atoms with Crippen LogP contribution < -0.4 is 10.5 Å². The smallest absolute Gasteiger partial charge is 0.280 e. The van der Waals surface area contributed by atoms with E-state index in [0.717, 1.165) is 24.1 Å². The van der Waals surface area contributed by atoms with Crippen LogP contribution in [-0.2, 0) is 10.2 Å². The first-order valence-electron chi connectivity index (χ1n) is 7.07. The third-order valence-corrected chi connectivity index (χ3v) is 6.45. The van der Waals surface area contributed by atoms with Crippen molar-refractivity contribution in [1.29, 1.82) is 0 Å². The topological polar surface area (TPSA) is 75.4 Å². The highest BCUT2D eigenvalue weighted by atomic mass is 32.2. The molecule has 1 unspecified atom stereocenters. The van der Waals surface area contributed by atoms with E-state index >= 15 is 0 Å². The Kier molecular flexibility index (Phi) is 5.57. The van der Waals surface area contributed by atoms with E-state index in [4.69, 9.17) is 5.73 Å². The average Bonchev–Trinajstić information content (AvgIpc) is 2.99. The molecule has 0 aromatic carbocycles. The summed E-state index contributed by atoms with van der Waals surface area (Å²) >= 11 is 1.58. The molecule has 1 aromatic heterocycles. The minimum Gasteiger partial charge on any atom is -0.330 e. The molecule has 2 rings (SSSR count). The highest BCUT2D eigenvalue weighted by Gasteiger charge is 2.29. The predicted octanol–water partition coefficient (Wildman–Crippen LogP) is 1.70. The number of nitrogens with one attached hydrogen (secondary N) is 1. The summed E-state index contributed by atoms with van der Waals surface area (Å²) in [5, 5.41) is 1.97. The van der Waals surface area contributed by atoms with Crippen molar-refractivity contribution in [2.24, 2.45) is 11.7 Å². The van der Waals surface area contributed by atoms with Gasteiger partial charge in [0.2, 0.25) is 0 Å². The first kappa shape index (κ1) is 15.9. The number of hydrogen-bond acceptors (Lipinski definition) is 4. The van der Waals surface area contributed by atoms with Gasteiger partial charge in [0.15, 0.2) is 0 Å². The highest BCUT2D eigenvalue weighted by Crippen LogP contribution is 2.24. The van der Waals surface area contributed by atoms with Crippen LogP contribution in [0.4, 0.5) is 0 Å². The second-order valence-corrected chi connectivity index (χ2v) is 7.86. The van der Waals surface area contributed by atoms with Gasteiger partial charge in [0.25, 0.3) is 10.2 Å². The van der Waals surface area contributed by atoms with E-state index in [-0.39, 0.29) is 6.04 Å². The third kappa shape index (κ3) is 3.79. The van der Waals surface area contributed by atoms with Crippen molar-refractivity contribution in [3.05, 3.63) is 22.4 Å². The Labute approximate surface area is 125 Å². The lowest BCUT2D eigenvalue weighted by molar-refractivity contribution is 0.274. The van der Waals surface area contributed by atoms with Crippen molar-refractivity contribution in [3.8, 4) is 0 Å². The van der Waals surface area contributed by atoms with E-state index < -0.39 is 10.2 Å². The molecule has 1 aromatic rings. The number of rotatable bonds is 6. The van der Waals surface area contributed by atoms with Crippen LogP contribution in [0.5, 0.6) is 0 Å². The molecule has 1 aliphatic heterocycles. The van der Waals surface area contributed by atoms with Gasteiger partial charge in [-0.05, 0) is 43.2 Å². The van der Waals surface area contributed by atoms with Crippen LogP contribution in [0.15, 0.2) is 17.5 Å². The highest BCUT2D eigenvalue weighted by molar-refractivity contribution is 7.87. The molecule has 0 aliphatic carbocycles. The zero-order valence-corrected chi connectivity index (χ0v) is 13.4. The lowest BCUT2D eigenvalue weighted by Crippen LogP contribution is -2.46. The zero-order chi connectivity index (χ0) is 14.6. The Bertz CT molecular complexity index is 494. The second-order valence-electron chi connectivity index (χ2n) is 5.18. The molecule has 2 heterocycles. The summed E-state index contributed by atoms with van der Waals surface area (Å²) < 4.78 is 29.2. The summed E-state index contributed by atoms with van der Waals surface area (Å²) in [4.78, 5) is 1.06. The molecule has 5 nitrogen and oxygen atoms in total. The van der Waals surface area contributed by atoms with Crippen LogP contribution in [0.2, 0.25) is 0 Å². The Morgan fingerprint density at radius 3 is 2.70 bits per heavy atom. The van der Waals surface area contributed by atoms with E-state index in [1.54, 1.807) is 15.6 Å². The summed E-state index contributed by atoms with van der Waals surface area (Å²) in [6.45, 7) is 3.78. The number of hydrogen-bond donors (Lipinski definition) is 2. The van der Waals surface area contributed by atoms with Crippen LogP contribution >= 0.6 is 11.3 Å². The number of thiophene rings is 1. The van der Waals surface area contributed by atoms with Crippen LogP contribution in [0.25, 0.3) is 0 Å². The monoisotopic (exact) mass is 317 g/mol. The first-order chi connectivity index (χ1) is 9.56. The van der Waals surface area contributed by atoms with Crippen molar-refractivity contribution < 1.29 is 8.42 Å². The lowest BCUT2D eigenvalue weighted by atomic mass is 9.99. The minimum absolute atomic E-state index is 0.132. The average molecular weight is 317 g/mol. The van der Waals surface area contributed by atoms with Crippen LogP contribution in [0, 0.1) is 5.92 Å². The largest absolute Gasteiger partial charge is 0.330 e. The van der Waals surface area contributed by atoms with E-state index in [1.165, 1.54) is 0 Å². The summed E-state index contributed by atoms with van der Waals surface area (Å²) in [6.07, 6.45) is 2.46. The van der Waals surface area contributed by atoms with Gasteiger partial charge in [0, 0.05) is 18.0 Å². The third-order valence-electron chi connectivity index (χ3n) is 3.83. The fraction of sp³-hybridized carbons (Fsp3) is 0.692. The molecule has 1 saturated heterocycles. The normalized spacial score (nSPS) is 20.1. The van der Waals surface area contributed by atoms with E-state index in [1.807, 2.05) is 24.4 Å². The van der Waals surface area contributed by atoms with Crippen LogP contribution in [0.1, 0.15) is 37.1 Å². The first-order valence-corrected chi connectivity index (χ1v) is 9.39. The van der Waals surface area contributed by atoms with Crippen molar-refractivity contribution in [3.63, 3.8) is 0 Å². The van der Waals surface area contributed by atoms with Gasteiger partial charge in [0.05, 0.1) is 6.04 Å². The molecule has 0 amide bonds. The van der Waals surface area contributed by atoms with Crippen molar-refractivity contribution in [2.75, 3.05) is 19.6 Å². The molecule has 1 aliphatic rings. The van der Waals surface area contributed by atoms with Gasteiger partial charge in [-0.15, -0.1) is 11.3 Å². The molecule has 3 N–H and O–H groups in total. The van der Waals surface area contributed by atoms with Gasteiger partial charge in [-0.3, -0.25) is 0 Å². The minimum atomic E-state index is -3.40. The van der Waals surface area contributed by atoms with Gasteiger partial charge in [-0.2, -0.15) is 17.4 Å².